The molecule has 39 heteroatoms. The van der Waals surface area contributed by atoms with Crippen molar-refractivity contribution < 1.29 is 85.3 Å². The van der Waals surface area contributed by atoms with Gasteiger partial charge in [-0.05, 0) is 112 Å². The molecule has 654 valence electrons. The zero-order valence-corrected chi connectivity index (χ0v) is 74.1. The number of hydrogen-bond acceptors (Lipinski definition) is 37. The number of nitrogens with one attached hydrogen (secondary N) is 2. The van der Waals surface area contributed by atoms with Gasteiger partial charge in [-0.1, -0.05) is 35.5 Å². The molecule has 0 atom stereocenters. The number of carbonyl (C=O) groups excluding carboxylic acids is 15. The van der Waals surface area contributed by atoms with Crippen LogP contribution in [0.4, 0.5) is 0 Å². The molecule has 15 rings (SSSR count). The molecule has 0 saturated carbocycles. The molecule has 0 fully saturated rings. The van der Waals surface area contributed by atoms with Gasteiger partial charge < -0.3 is 23.3 Å². The normalized spacial score (nSPS) is 11.0. The first-order chi connectivity index (χ1) is 59.4. The van der Waals surface area contributed by atoms with Crippen molar-refractivity contribution in [3.05, 3.63) is 266 Å². The summed E-state index contributed by atoms with van der Waals surface area (Å²) in [6, 6.07) is 19.1. The number of thiophene rings is 1. The highest BCUT2D eigenvalue weighted by molar-refractivity contribution is 7.12. The molecular formula is C86H94N18O18S3. The number of aromatic nitrogens is 13. The molecule has 0 spiro atoms. The Bertz CT molecular complexity index is 4730. The maximum absolute atomic E-state index is 10.8. The highest BCUT2D eigenvalue weighted by atomic mass is 32.1. The summed E-state index contributed by atoms with van der Waals surface area (Å²) >= 11 is 4.08. The Labute approximate surface area is 731 Å². The molecule has 0 radical (unpaired) electrons. The first-order valence-electron chi connectivity index (χ1n) is 36.8. The van der Waals surface area contributed by atoms with Gasteiger partial charge in [-0.3, -0.25) is 96.9 Å². The first-order valence-corrected chi connectivity index (χ1v) is 39.4. The fourth-order valence-electron chi connectivity index (χ4n) is 7.76. The van der Waals surface area contributed by atoms with Crippen LogP contribution in [0, 0.1) is 13.8 Å². The largest absolute Gasteiger partial charge is 0.458 e. The van der Waals surface area contributed by atoms with E-state index >= 15 is 0 Å². The molecule has 0 unspecified atom stereocenters. The number of nitrogens with zero attached hydrogens (tertiary/aromatic N) is 16. The van der Waals surface area contributed by atoms with E-state index in [-0.39, 0.29) is 92.6 Å². The SMILES string of the molecule is CC(=O)C1=CCN=C1.CC(=O)C1=CCN=C1.CC(=O)C1=NCC=C1.CC(=O)C1=NCC=N1.CC(=O)c1ccccn1.CC(=O)c1cccnn1.CC(=O)c1cccs1.CC(=O)c1ccno1.CC(=O)c1ccns1.CC(=O)c1cnc[nH]1.CC(=O)c1cnc[nH]1.CC(=O)c1cocn1.CC(=O)c1ncccn1.CC(=O)c1nccs1.CC(=O)c1oc(C)cc1C. The van der Waals surface area contributed by atoms with Crippen molar-refractivity contribution in [3.63, 3.8) is 0 Å². The minimum atomic E-state index is -0.101. The van der Waals surface area contributed by atoms with Crippen LogP contribution >= 0.6 is 34.2 Å². The molecule has 125 heavy (non-hydrogen) atoms. The smallest absolute Gasteiger partial charge is 0.202 e. The number of H-pyrrole nitrogens is 2. The van der Waals surface area contributed by atoms with E-state index < -0.39 is 0 Å². The summed E-state index contributed by atoms with van der Waals surface area (Å²) in [6.07, 6.45) is 31.6. The summed E-state index contributed by atoms with van der Waals surface area (Å²) in [5.74, 6) is 2.42. The van der Waals surface area contributed by atoms with Gasteiger partial charge in [-0.2, -0.15) is 5.10 Å². The van der Waals surface area contributed by atoms with Crippen LogP contribution in [0.2, 0.25) is 0 Å². The molecule has 36 nitrogen and oxygen atoms in total. The number of aromatic amines is 2. The number of Topliss-reactive ketones (excluding diaryl/α,β-unsaturated/α-hetero) is 15. The summed E-state index contributed by atoms with van der Waals surface area (Å²) in [5.41, 5.74) is 5.44. The van der Waals surface area contributed by atoms with Gasteiger partial charge in [0.15, 0.2) is 116 Å². The molecule has 4 aliphatic heterocycles. The summed E-state index contributed by atoms with van der Waals surface area (Å²) < 4.78 is 17.9. The average molecular weight is 1760 g/mol. The molecule has 2 N–H and O–H groups in total. The van der Waals surface area contributed by atoms with Crippen LogP contribution in [0.15, 0.2) is 232 Å². The van der Waals surface area contributed by atoms with E-state index in [4.69, 9.17) is 4.42 Å². The molecule has 0 aliphatic carbocycles. The Hall–Kier alpha value is -15.0. The van der Waals surface area contributed by atoms with E-state index in [1.54, 1.807) is 124 Å². The highest BCUT2D eigenvalue weighted by Gasteiger charge is 2.11. The predicted octanol–water partition coefficient (Wildman–Crippen LogP) is 14.2. The number of ketones is 15. The molecule has 0 amide bonds. The quantitative estimate of drug-likeness (QED) is 0.0900. The standard InChI is InChI=1S/C8H10O2.C7H7NO.2C6H6N2O.3C6H7NO.C6H6OS.3C5H6N2O.2C5H5NO2.2C5H5NOS/c1-5-4-6(2)10-8(5)7(3)9;1-6(9)7-4-2-3-5-8-7;1-5(9)6-7-3-2-4-8-6;1-5(9)6-3-2-4-7-8-6;2*1-5(8)6-2-3-7-4-6;1-5(8)6-3-2-4-7-6;1-5(7)6-3-2-4-8-6;2*1-4(8)5-2-6-3-7-5;1-4(8)5-6-2-3-7-5;1-4(7)5-2-8-3-6-5;1-4(7)5-2-3-6-8-5;1-4(7)5-6-2-3-8-5;1-4(7)5-2-3-6-8-5/h4H,1-3H3;2-5H,1H3;2*2-4H,1H3;2*2,4H,3H2,1H3;2-3H,4H2,1H3;2-4H,1H3;2*2-3H,1H3,(H,6,7);2H,3H2,1H3;4*2-3H,1H3. The van der Waals surface area contributed by atoms with Crippen LogP contribution in [-0.4, -0.2) is 208 Å². The number of imidazole rings is 2. The number of allylic oxidation sites excluding steroid dienone is 3. The van der Waals surface area contributed by atoms with Crippen LogP contribution < -0.4 is 0 Å². The second kappa shape index (κ2) is 63.1. The average Bonchev–Trinajstić information content (AvgIpc) is 1.73. The Morgan fingerprint density at radius 2 is 1.04 bits per heavy atom. The van der Waals surface area contributed by atoms with Crippen LogP contribution in [-0.2, 0) is 19.2 Å². The number of aryl methyl sites for hydroxylation is 2. The van der Waals surface area contributed by atoms with E-state index in [9.17, 15) is 71.9 Å². The third kappa shape index (κ3) is 50.0. The van der Waals surface area contributed by atoms with E-state index in [0.29, 0.717) is 82.7 Å². The van der Waals surface area contributed by atoms with E-state index in [2.05, 4.69) is 98.5 Å². The van der Waals surface area contributed by atoms with E-state index in [1.807, 2.05) is 55.7 Å². The highest BCUT2D eigenvalue weighted by Crippen LogP contribution is 2.14. The van der Waals surface area contributed by atoms with Crippen molar-refractivity contribution in [1.82, 2.24) is 64.6 Å². The molecule has 11 aromatic rings. The van der Waals surface area contributed by atoms with Crippen molar-refractivity contribution >= 4 is 151 Å². The summed E-state index contributed by atoms with van der Waals surface area (Å²) in [6.45, 7) is 28.8. The van der Waals surface area contributed by atoms with Gasteiger partial charge >= 0.3 is 0 Å². The lowest BCUT2D eigenvalue weighted by molar-refractivity contribution is -0.113. The lowest BCUT2D eigenvalue weighted by Gasteiger charge is -1.88. The fraction of sp³-hybridized carbons (Fsp3) is 0.244. The topological polar surface area (TPSA) is 531 Å². The van der Waals surface area contributed by atoms with Crippen LogP contribution in [0.25, 0.3) is 0 Å². The number of thiazole rings is 1. The van der Waals surface area contributed by atoms with Gasteiger partial charge in [-0.15, -0.1) is 27.8 Å². The molecule has 4 aliphatic rings. The Balaban J connectivity index is 0.000000670. The number of furan rings is 1. The second-order valence-electron chi connectivity index (χ2n) is 24.4. The first kappa shape index (κ1) is 108. The number of amidine groups is 1. The Kier molecular flexibility index (Phi) is 54.5. The van der Waals surface area contributed by atoms with Gasteiger partial charge in [0.25, 0.3) is 0 Å². The summed E-state index contributed by atoms with van der Waals surface area (Å²) in [5, 5.41) is 14.7. The Morgan fingerprint density at radius 1 is 0.448 bits per heavy atom. The maximum Gasteiger partial charge on any atom is 0.202 e. The van der Waals surface area contributed by atoms with Crippen molar-refractivity contribution in [1.29, 1.82) is 0 Å². The lowest BCUT2D eigenvalue weighted by atomic mass is 10.2. The van der Waals surface area contributed by atoms with Crippen LogP contribution in [0.5, 0.6) is 0 Å². The Morgan fingerprint density at radius 3 is 1.27 bits per heavy atom. The lowest BCUT2D eigenvalue weighted by Crippen LogP contribution is -2.02. The van der Waals surface area contributed by atoms with Gasteiger partial charge in [0.2, 0.25) is 5.76 Å². The monoisotopic (exact) mass is 1760 g/mol. The van der Waals surface area contributed by atoms with Crippen molar-refractivity contribution in [2.75, 3.05) is 26.2 Å². The molecule has 15 heterocycles. The predicted molar refractivity (Wildman–Crippen MR) is 473 cm³/mol. The van der Waals surface area contributed by atoms with Gasteiger partial charge in [0.1, 0.15) is 46.2 Å². The third-order valence-corrected chi connectivity index (χ3v) is 16.6. The van der Waals surface area contributed by atoms with Gasteiger partial charge in [0, 0.05) is 162 Å². The number of oxazole rings is 1. The second-order valence-corrected chi connectivity index (χ2v) is 27.1. The number of pyridine rings is 1. The molecule has 11 aromatic heterocycles. The minimum Gasteiger partial charge on any atom is -0.458 e. The number of rotatable bonds is 15. The molecule has 0 aromatic carbocycles. The molecule has 0 saturated heterocycles. The minimum absolute atomic E-state index is 0.00870. The van der Waals surface area contributed by atoms with Crippen molar-refractivity contribution in [3.8, 4) is 0 Å². The van der Waals surface area contributed by atoms with E-state index in [0.717, 1.165) is 32.2 Å². The summed E-state index contributed by atoms with van der Waals surface area (Å²) in [7, 11) is 0. The number of aliphatic imine (C=N–C) groups is 5. The van der Waals surface area contributed by atoms with Gasteiger partial charge in [0.05, 0.1) is 67.2 Å². The zero-order chi connectivity index (χ0) is 93.6. The van der Waals surface area contributed by atoms with Crippen LogP contribution in [0.1, 0.15) is 228 Å². The maximum atomic E-state index is 10.8. The zero-order valence-electron chi connectivity index (χ0n) is 71.6. The van der Waals surface area contributed by atoms with Crippen molar-refractivity contribution in [2.24, 2.45) is 25.0 Å². The van der Waals surface area contributed by atoms with Crippen LogP contribution in [0.3, 0.4) is 0 Å². The van der Waals surface area contributed by atoms with Crippen molar-refractivity contribution in [2.45, 2.75) is 118 Å². The summed E-state index contributed by atoms with van der Waals surface area (Å²) in [4.78, 5) is 209. The number of hydrogen-bond donors (Lipinski definition) is 2. The third-order valence-electron chi connectivity index (χ3n) is 13.9. The fourth-order valence-corrected chi connectivity index (χ4v) is 9.41. The van der Waals surface area contributed by atoms with Gasteiger partial charge in [-0.25, -0.2) is 39.3 Å². The molecular weight excluding hydrogens is 1670 g/mol. The number of carbonyl (C=O) groups is 15. The van der Waals surface area contributed by atoms with E-state index in [1.165, 1.54) is 173 Å². The molecule has 0 bridgehead atoms.